The van der Waals surface area contributed by atoms with Crippen LogP contribution in [0.25, 0.3) is 0 Å². The molecule has 0 spiro atoms. The van der Waals surface area contributed by atoms with Crippen LogP contribution >= 0.6 is 0 Å². The summed E-state index contributed by atoms with van der Waals surface area (Å²) in [5, 5.41) is 6.32. The lowest BCUT2D eigenvalue weighted by atomic mass is 10.1. The molecule has 8 nitrogen and oxygen atoms in total. The molecule has 2 aromatic rings. The van der Waals surface area contributed by atoms with E-state index in [1.54, 1.807) is 21.0 Å². The molecule has 0 bridgehead atoms. The SMILES string of the molecule is COc1cc(NC(=O)c2cc(C)no2)c(C(=O)N(C)C)cc1OC. The van der Waals surface area contributed by atoms with Crippen LogP contribution in [0.1, 0.15) is 26.6 Å². The van der Waals surface area contributed by atoms with Gasteiger partial charge in [-0.15, -0.1) is 0 Å². The molecule has 0 aliphatic rings. The summed E-state index contributed by atoms with van der Waals surface area (Å²) in [6.07, 6.45) is 0. The molecule has 0 atom stereocenters. The highest BCUT2D eigenvalue weighted by Crippen LogP contribution is 2.34. The number of nitrogens with zero attached hydrogens (tertiary/aromatic N) is 2. The number of aryl methyl sites for hydroxylation is 1. The van der Waals surface area contributed by atoms with Gasteiger partial charge < -0.3 is 24.2 Å². The number of ether oxygens (including phenoxy) is 2. The maximum absolute atomic E-state index is 12.4. The third-order valence-corrected chi connectivity index (χ3v) is 3.26. The maximum Gasteiger partial charge on any atom is 0.294 e. The number of hydrogen-bond acceptors (Lipinski definition) is 6. The van der Waals surface area contributed by atoms with E-state index in [-0.39, 0.29) is 22.9 Å². The minimum Gasteiger partial charge on any atom is -0.493 e. The van der Waals surface area contributed by atoms with Gasteiger partial charge in [-0.05, 0) is 13.0 Å². The molecular weight excluding hydrogens is 314 g/mol. The smallest absolute Gasteiger partial charge is 0.294 e. The van der Waals surface area contributed by atoms with Crippen molar-refractivity contribution in [2.75, 3.05) is 33.6 Å². The Morgan fingerprint density at radius 3 is 2.25 bits per heavy atom. The van der Waals surface area contributed by atoms with E-state index in [4.69, 9.17) is 14.0 Å². The van der Waals surface area contributed by atoms with Gasteiger partial charge in [-0.25, -0.2) is 0 Å². The van der Waals surface area contributed by atoms with Gasteiger partial charge in [-0.1, -0.05) is 5.16 Å². The Kier molecular flexibility index (Phi) is 5.08. The van der Waals surface area contributed by atoms with Gasteiger partial charge >= 0.3 is 0 Å². The first-order valence-electron chi connectivity index (χ1n) is 7.09. The fourth-order valence-corrected chi connectivity index (χ4v) is 2.05. The topological polar surface area (TPSA) is 93.9 Å². The quantitative estimate of drug-likeness (QED) is 0.899. The summed E-state index contributed by atoms with van der Waals surface area (Å²) < 4.78 is 15.4. The average molecular weight is 333 g/mol. The summed E-state index contributed by atoms with van der Waals surface area (Å²) in [6, 6.07) is 4.54. The van der Waals surface area contributed by atoms with E-state index in [0.717, 1.165) is 0 Å². The highest BCUT2D eigenvalue weighted by molar-refractivity contribution is 6.08. The lowest BCUT2D eigenvalue weighted by Gasteiger charge is -2.17. The fraction of sp³-hybridized carbons (Fsp3) is 0.312. The van der Waals surface area contributed by atoms with Crippen LogP contribution in [0.5, 0.6) is 11.5 Å². The molecule has 0 fully saturated rings. The van der Waals surface area contributed by atoms with Gasteiger partial charge in [0.05, 0.1) is 31.2 Å². The van der Waals surface area contributed by atoms with Gasteiger partial charge in [0.1, 0.15) is 0 Å². The van der Waals surface area contributed by atoms with Crippen LogP contribution in [0, 0.1) is 6.92 Å². The first-order valence-corrected chi connectivity index (χ1v) is 7.09. The third-order valence-electron chi connectivity index (χ3n) is 3.26. The second-order valence-electron chi connectivity index (χ2n) is 5.24. The van der Waals surface area contributed by atoms with Crippen LogP contribution < -0.4 is 14.8 Å². The minimum absolute atomic E-state index is 0.0468. The zero-order valence-electron chi connectivity index (χ0n) is 14.2. The van der Waals surface area contributed by atoms with Gasteiger partial charge in [0, 0.05) is 26.2 Å². The second-order valence-corrected chi connectivity index (χ2v) is 5.24. The molecule has 1 N–H and O–H groups in total. The van der Waals surface area contributed by atoms with Crippen LogP contribution in [0.2, 0.25) is 0 Å². The summed E-state index contributed by atoms with van der Waals surface area (Å²) in [6.45, 7) is 1.71. The Bertz CT molecular complexity index is 767. The Labute approximate surface area is 139 Å². The third kappa shape index (κ3) is 3.48. The van der Waals surface area contributed by atoms with E-state index >= 15 is 0 Å². The predicted molar refractivity (Wildman–Crippen MR) is 86.8 cm³/mol. The fourth-order valence-electron chi connectivity index (χ4n) is 2.05. The number of amides is 2. The Balaban J connectivity index is 2.45. The molecule has 8 heteroatoms. The van der Waals surface area contributed by atoms with Gasteiger partial charge in [0.2, 0.25) is 5.76 Å². The van der Waals surface area contributed by atoms with Crippen LogP contribution in [0.15, 0.2) is 22.7 Å². The molecule has 128 valence electrons. The molecule has 0 aliphatic heterocycles. The zero-order valence-corrected chi connectivity index (χ0v) is 14.2. The van der Waals surface area contributed by atoms with Crippen molar-refractivity contribution >= 4 is 17.5 Å². The zero-order chi connectivity index (χ0) is 17.9. The molecule has 1 aromatic carbocycles. The summed E-state index contributed by atoms with van der Waals surface area (Å²) in [5.74, 6) is 0.00855. The van der Waals surface area contributed by atoms with Crippen LogP contribution in [0.3, 0.4) is 0 Å². The standard InChI is InChI=1S/C16H19N3O5/c1-9-6-14(24-18-9)15(20)17-11-8-13(23-5)12(22-4)7-10(11)16(21)19(2)3/h6-8H,1-5H3,(H,17,20). The largest absolute Gasteiger partial charge is 0.493 e. The van der Waals surface area contributed by atoms with Crippen molar-refractivity contribution in [2.45, 2.75) is 6.92 Å². The number of hydrogen-bond donors (Lipinski definition) is 1. The van der Waals surface area contributed by atoms with Crippen LogP contribution in [-0.4, -0.2) is 50.2 Å². The highest BCUT2D eigenvalue weighted by atomic mass is 16.5. The van der Waals surface area contributed by atoms with Gasteiger partial charge in [-0.3, -0.25) is 9.59 Å². The second kappa shape index (κ2) is 7.03. The van der Waals surface area contributed by atoms with Gasteiger partial charge in [-0.2, -0.15) is 0 Å². The lowest BCUT2D eigenvalue weighted by molar-refractivity contribution is 0.0828. The molecule has 0 aliphatic carbocycles. The molecule has 0 unspecified atom stereocenters. The van der Waals surface area contributed by atoms with Gasteiger partial charge in [0.25, 0.3) is 11.8 Å². The van der Waals surface area contributed by atoms with Gasteiger partial charge in [0.15, 0.2) is 11.5 Å². The van der Waals surface area contributed by atoms with Crippen molar-refractivity contribution in [1.82, 2.24) is 10.1 Å². The molecule has 1 heterocycles. The summed E-state index contributed by atoms with van der Waals surface area (Å²) in [4.78, 5) is 26.1. The number of carbonyl (C=O) groups is 2. The van der Waals surface area contributed by atoms with Crippen molar-refractivity contribution in [2.24, 2.45) is 0 Å². The summed E-state index contributed by atoms with van der Waals surface area (Å²) >= 11 is 0. The first-order chi connectivity index (χ1) is 11.4. The number of nitrogens with one attached hydrogen (secondary N) is 1. The van der Waals surface area contributed by atoms with Crippen LogP contribution in [0.4, 0.5) is 5.69 Å². The monoisotopic (exact) mass is 333 g/mol. The Morgan fingerprint density at radius 1 is 1.12 bits per heavy atom. The van der Waals surface area contributed by atoms with E-state index in [0.29, 0.717) is 17.2 Å². The van der Waals surface area contributed by atoms with Crippen molar-refractivity contribution < 1.29 is 23.6 Å². The van der Waals surface area contributed by atoms with E-state index in [2.05, 4.69) is 10.5 Å². The molecule has 0 saturated carbocycles. The van der Waals surface area contributed by atoms with Crippen molar-refractivity contribution in [3.05, 3.63) is 35.2 Å². The first kappa shape index (κ1) is 17.3. The van der Waals surface area contributed by atoms with E-state index < -0.39 is 5.91 Å². The van der Waals surface area contributed by atoms with Crippen molar-refractivity contribution in [3.63, 3.8) is 0 Å². The number of rotatable bonds is 5. The van der Waals surface area contributed by atoms with E-state index in [1.165, 1.54) is 37.3 Å². The summed E-state index contributed by atoms with van der Waals surface area (Å²) in [5.41, 5.74) is 1.13. The average Bonchev–Trinajstić information content (AvgIpc) is 3.00. The number of aromatic nitrogens is 1. The lowest BCUT2D eigenvalue weighted by Crippen LogP contribution is -2.24. The van der Waals surface area contributed by atoms with E-state index in [1.807, 2.05) is 0 Å². The van der Waals surface area contributed by atoms with Crippen molar-refractivity contribution in [1.29, 1.82) is 0 Å². The van der Waals surface area contributed by atoms with E-state index in [9.17, 15) is 9.59 Å². The number of benzene rings is 1. The maximum atomic E-state index is 12.4. The molecule has 0 saturated heterocycles. The normalized spacial score (nSPS) is 10.2. The Hall–Kier alpha value is -3.03. The highest BCUT2D eigenvalue weighted by Gasteiger charge is 2.21. The molecular formula is C16H19N3O5. The molecule has 1 aromatic heterocycles. The Morgan fingerprint density at radius 2 is 1.75 bits per heavy atom. The number of carbonyl (C=O) groups excluding carboxylic acids is 2. The molecule has 0 radical (unpaired) electrons. The van der Waals surface area contributed by atoms with Crippen molar-refractivity contribution in [3.8, 4) is 11.5 Å². The predicted octanol–water partition coefficient (Wildman–Crippen LogP) is 1.95. The number of methoxy groups -OCH3 is 2. The molecule has 24 heavy (non-hydrogen) atoms. The minimum atomic E-state index is -0.518. The van der Waals surface area contributed by atoms with Crippen LogP contribution in [-0.2, 0) is 0 Å². The molecule has 2 rings (SSSR count). The summed E-state index contributed by atoms with van der Waals surface area (Å²) in [7, 11) is 6.17. The molecule has 2 amide bonds. The number of anilines is 1.